The molecule has 0 aromatic heterocycles. The molecule has 1 spiro atoms. The molecule has 3 rings (SSSR count). The van der Waals surface area contributed by atoms with Crippen molar-refractivity contribution in [3.8, 4) is 11.5 Å². The van der Waals surface area contributed by atoms with Crippen LogP contribution in [0.5, 0.6) is 11.5 Å². The monoisotopic (exact) mass is 260 g/mol. The van der Waals surface area contributed by atoms with E-state index in [1.54, 1.807) is 0 Å². The standard InChI is InChI=1S/C16H20O3/c1-12(7-10-17)13-5-6-14-15(11-13)19-16(18-14)8-3-2-4-9-16/h5-6,10-12H,2-4,7-9H2,1H3. The van der Waals surface area contributed by atoms with Crippen molar-refractivity contribution in [2.45, 2.75) is 57.2 Å². The zero-order valence-corrected chi connectivity index (χ0v) is 11.4. The van der Waals surface area contributed by atoms with Crippen molar-refractivity contribution in [1.82, 2.24) is 0 Å². The zero-order valence-electron chi connectivity index (χ0n) is 11.4. The maximum atomic E-state index is 10.6. The molecule has 3 heteroatoms. The Morgan fingerprint density at radius 2 is 1.95 bits per heavy atom. The van der Waals surface area contributed by atoms with Gasteiger partial charge in [-0.3, -0.25) is 0 Å². The van der Waals surface area contributed by atoms with Crippen molar-refractivity contribution in [2.75, 3.05) is 0 Å². The summed E-state index contributed by atoms with van der Waals surface area (Å²) >= 11 is 0. The molecule has 102 valence electrons. The quantitative estimate of drug-likeness (QED) is 0.775. The van der Waals surface area contributed by atoms with E-state index < -0.39 is 5.79 Å². The lowest BCUT2D eigenvalue weighted by atomic mass is 9.94. The summed E-state index contributed by atoms with van der Waals surface area (Å²) in [6, 6.07) is 6.06. The molecule has 0 amide bonds. The molecule has 3 nitrogen and oxygen atoms in total. The molecule has 2 aliphatic rings. The number of ether oxygens (including phenoxy) is 2. The number of hydrogen-bond donors (Lipinski definition) is 0. The highest BCUT2D eigenvalue weighted by molar-refractivity contribution is 5.53. The van der Waals surface area contributed by atoms with Crippen LogP contribution in [0.2, 0.25) is 0 Å². The molecule has 0 N–H and O–H groups in total. The van der Waals surface area contributed by atoms with Crippen molar-refractivity contribution < 1.29 is 14.3 Å². The van der Waals surface area contributed by atoms with E-state index in [0.717, 1.165) is 36.2 Å². The number of carbonyl (C=O) groups excluding carboxylic acids is 1. The second kappa shape index (κ2) is 4.87. The highest BCUT2D eigenvalue weighted by Crippen LogP contribution is 2.46. The lowest BCUT2D eigenvalue weighted by Crippen LogP contribution is -2.40. The van der Waals surface area contributed by atoms with Crippen molar-refractivity contribution in [2.24, 2.45) is 0 Å². The molecule has 1 aromatic rings. The first-order valence-corrected chi connectivity index (χ1v) is 7.18. The smallest absolute Gasteiger partial charge is 0.251 e. The Morgan fingerprint density at radius 1 is 1.21 bits per heavy atom. The van der Waals surface area contributed by atoms with Crippen LogP contribution in [0.4, 0.5) is 0 Å². The molecule has 1 atom stereocenters. The fraction of sp³-hybridized carbons (Fsp3) is 0.562. The summed E-state index contributed by atoms with van der Waals surface area (Å²) in [7, 11) is 0. The van der Waals surface area contributed by atoms with Crippen LogP contribution in [0.1, 0.15) is 56.9 Å². The van der Waals surface area contributed by atoms with Gasteiger partial charge in [0.2, 0.25) is 0 Å². The minimum atomic E-state index is -0.410. The molecule has 1 saturated carbocycles. The minimum Gasteiger partial charge on any atom is -0.448 e. The van der Waals surface area contributed by atoms with Gasteiger partial charge in [0.1, 0.15) is 6.29 Å². The number of fused-ring (bicyclic) bond motifs is 1. The summed E-state index contributed by atoms with van der Waals surface area (Å²) in [6.07, 6.45) is 7.07. The normalized spacial score (nSPS) is 21.3. The van der Waals surface area contributed by atoms with E-state index in [-0.39, 0.29) is 5.92 Å². The van der Waals surface area contributed by atoms with E-state index in [9.17, 15) is 4.79 Å². The molecule has 19 heavy (non-hydrogen) atoms. The summed E-state index contributed by atoms with van der Waals surface area (Å²) in [5.41, 5.74) is 1.14. The molecule has 1 aromatic carbocycles. The average Bonchev–Trinajstić information content (AvgIpc) is 2.76. The van der Waals surface area contributed by atoms with E-state index in [0.29, 0.717) is 6.42 Å². The van der Waals surface area contributed by atoms with Gasteiger partial charge in [0.25, 0.3) is 5.79 Å². The second-order valence-electron chi connectivity index (χ2n) is 5.69. The van der Waals surface area contributed by atoms with Gasteiger partial charge in [-0.2, -0.15) is 0 Å². The fourth-order valence-corrected chi connectivity index (χ4v) is 2.99. The van der Waals surface area contributed by atoms with Gasteiger partial charge in [0, 0.05) is 19.3 Å². The topological polar surface area (TPSA) is 35.5 Å². The van der Waals surface area contributed by atoms with Crippen LogP contribution < -0.4 is 9.47 Å². The van der Waals surface area contributed by atoms with E-state index in [4.69, 9.17) is 9.47 Å². The van der Waals surface area contributed by atoms with Gasteiger partial charge < -0.3 is 14.3 Å². The van der Waals surface area contributed by atoms with Gasteiger partial charge in [-0.15, -0.1) is 0 Å². The van der Waals surface area contributed by atoms with Gasteiger partial charge in [-0.05, 0) is 36.5 Å². The first-order chi connectivity index (χ1) is 9.22. The van der Waals surface area contributed by atoms with Gasteiger partial charge in [-0.1, -0.05) is 19.4 Å². The van der Waals surface area contributed by atoms with Crippen LogP contribution in [0, 0.1) is 0 Å². The number of aldehydes is 1. The third-order valence-electron chi connectivity index (χ3n) is 4.19. The van der Waals surface area contributed by atoms with Crippen molar-refractivity contribution in [3.63, 3.8) is 0 Å². The number of hydrogen-bond acceptors (Lipinski definition) is 3. The van der Waals surface area contributed by atoms with Gasteiger partial charge in [0.05, 0.1) is 0 Å². The second-order valence-corrected chi connectivity index (χ2v) is 5.69. The van der Waals surface area contributed by atoms with Crippen LogP contribution in [-0.4, -0.2) is 12.1 Å². The maximum absolute atomic E-state index is 10.6. The Balaban J connectivity index is 1.81. The summed E-state index contributed by atoms with van der Waals surface area (Å²) < 4.78 is 12.1. The Labute approximate surface area is 113 Å². The van der Waals surface area contributed by atoms with Crippen LogP contribution in [0.3, 0.4) is 0 Å². The zero-order chi connectivity index (χ0) is 13.3. The lowest BCUT2D eigenvalue weighted by Gasteiger charge is -2.31. The van der Waals surface area contributed by atoms with E-state index in [1.807, 2.05) is 18.2 Å². The number of benzene rings is 1. The summed E-state index contributed by atoms with van der Waals surface area (Å²) in [5, 5.41) is 0. The van der Waals surface area contributed by atoms with Crippen LogP contribution in [0.15, 0.2) is 18.2 Å². The number of rotatable bonds is 3. The van der Waals surface area contributed by atoms with Crippen molar-refractivity contribution in [1.29, 1.82) is 0 Å². The Bertz CT molecular complexity index is 475. The molecule has 0 saturated heterocycles. The van der Waals surface area contributed by atoms with E-state index >= 15 is 0 Å². The predicted molar refractivity (Wildman–Crippen MR) is 72.6 cm³/mol. The van der Waals surface area contributed by atoms with E-state index in [2.05, 4.69) is 6.92 Å². The first kappa shape index (κ1) is 12.5. The first-order valence-electron chi connectivity index (χ1n) is 7.18. The Kier molecular flexibility index (Phi) is 3.21. The maximum Gasteiger partial charge on any atom is 0.251 e. The fourth-order valence-electron chi connectivity index (χ4n) is 2.99. The Morgan fingerprint density at radius 3 is 2.68 bits per heavy atom. The predicted octanol–water partition coefficient (Wildman–Crippen LogP) is 3.81. The molecular formula is C16H20O3. The van der Waals surface area contributed by atoms with Crippen LogP contribution in [0.25, 0.3) is 0 Å². The van der Waals surface area contributed by atoms with Crippen molar-refractivity contribution in [3.05, 3.63) is 23.8 Å². The van der Waals surface area contributed by atoms with E-state index in [1.165, 1.54) is 19.3 Å². The van der Waals surface area contributed by atoms with Crippen LogP contribution in [-0.2, 0) is 4.79 Å². The molecule has 1 unspecified atom stereocenters. The average molecular weight is 260 g/mol. The largest absolute Gasteiger partial charge is 0.448 e. The van der Waals surface area contributed by atoms with Gasteiger partial charge in [-0.25, -0.2) is 0 Å². The molecule has 1 aliphatic heterocycles. The highest BCUT2D eigenvalue weighted by Gasteiger charge is 2.42. The molecule has 0 bridgehead atoms. The molecule has 1 fully saturated rings. The number of carbonyl (C=O) groups is 1. The lowest BCUT2D eigenvalue weighted by molar-refractivity contribution is -0.108. The SMILES string of the molecule is CC(CC=O)c1ccc2c(c1)OC1(CCCCC1)O2. The molecular weight excluding hydrogens is 240 g/mol. The third-order valence-corrected chi connectivity index (χ3v) is 4.19. The molecule has 0 radical (unpaired) electrons. The van der Waals surface area contributed by atoms with Crippen molar-refractivity contribution >= 4 is 6.29 Å². The minimum absolute atomic E-state index is 0.231. The summed E-state index contributed by atoms with van der Waals surface area (Å²) in [5.74, 6) is 1.52. The van der Waals surface area contributed by atoms with Crippen LogP contribution >= 0.6 is 0 Å². The molecule has 1 heterocycles. The van der Waals surface area contributed by atoms with Gasteiger partial charge in [0.15, 0.2) is 11.5 Å². The van der Waals surface area contributed by atoms with Gasteiger partial charge >= 0.3 is 0 Å². The third kappa shape index (κ3) is 2.34. The Hall–Kier alpha value is -1.51. The summed E-state index contributed by atoms with van der Waals surface area (Å²) in [4.78, 5) is 10.6. The highest BCUT2D eigenvalue weighted by atomic mass is 16.7. The summed E-state index contributed by atoms with van der Waals surface area (Å²) in [6.45, 7) is 2.06. The molecule has 1 aliphatic carbocycles.